The molecule has 0 radical (unpaired) electrons. The first-order valence-electron chi connectivity index (χ1n) is 6.09. The van der Waals surface area contributed by atoms with E-state index in [2.05, 4.69) is 0 Å². The molecular weight excluding hydrogens is 240 g/mol. The number of carbonyl (C=O) groups excluding carboxylic acids is 1. The maximum absolute atomic E-state index is 12.2. The minimum Gasteiger partial charge on any atom is -0.481 e. The smallest absolute Gasteiger partial charge is 0.320 e. The maximum atomic E-state index is 12.2. The molecule has 1 aliphatic rings. The standard InChI is InChI=1S/C11H20N2O5/c14-7-5-12(6-8-15)11(18)13(9-1-2-9)4-3-10(16)17/h9,14-15H,1-8H2,(H,16,17). The lowest BCUT2D eigenvalue weighted by molar-refractivity contribution is -0.137. The van der Waals surface area contributed by atoms with Crippen LogP contribution in [0.1, 0.15) is 19.3 Å². The van der Waals surface area contributed by atoms with Crippen molar-refractivity contribution in [1.82, 2.24) is 9.80 Å². The van der Waals surface area contributed by atoms with Gasteiger partial charge in [-0.05, 0) is 12.8 Å². The second-order valence-corrected chi connectivity index (χ2v) is 4.29. The van der Waals surface area contributed by atoms with E-state index in [0.717, 1.165) is 12.8 Å². The number of amides is 2. The molecule has 18 heavy (non-hydrogen) atoms. The van der Waals surface area contributed by atoms with E-state index in [0.29, 0.717) is 0 Å². The lowest BCUT2D eigenvalue weighted by Crippen LogP contribution is -2.47. The van der Waals surface area contributed by atoms with E-state index in [4.69, 9.17) is 15.3 Å². The van der Waals surface area contributed by atoms with Crippen molar-refractivity contribution in [3.63, 3.8) is 0 Å². The third-order valence-corrected chi connectivity index (χ3v) is 2.81. The Hall–Kier alpha value is -1.34. The molecule has 0 heterocycles. The molecular formula is C11H20N2O5. The Morgan fingerprint density at radius 3 is 2.00 bits per heavy atom. The van der Waals surface area contributed by atoms with E-state index >= 15 is 0 Å². The average Bonchev–Trinajstić information content (AvgIpc) is 3.13. The van der Waals surface area contributed by atoms with Gasteiger partial charge in [-0.1, -0.05) is 0 Å². The van der Waals surface area contributed by atoms with E-state index < -0.39 is 5.97 Å². The number of urea groups is 1. The minimum atomic E-state index is -0.940. The summed E-state index contributed by atoms with van der Waals surface area (Å²) in [5.74, 6) is -0.940. The first-order valence-corrected chi connectivity index (χ1v) is 6.09. The number of rotatable bonds is 8. The van der Waals surface area contributed by atoms with Crippen molar-refractivity contribution in [1.29, 1.82) is 0 Å². The number of aliphatic hydroxyl groups is 2. The Labute approximate surface area is 106 Å². The van der Waals surface area contributed by atoms with Crippen molar-refractivity contribution in [2.75, 3.05) is 32.8 Å². The van der Waals surface area contributed by atoms with Gasteiger partial charge in [0.05, 0.1) is 19.6 Å². The van der Waals surface area contributed by atoms with Gasteiger partial charge in [-0.15, -0.1) is 0 Å². The summed E-state index contributed by atoms with van der Waals surface area (Å²) in [7, 11) is 0. The third kappa shape index (κ3) is 4.50. The van der Waals surface area contributed by atoms with E-state index in [-0.39, 0.29) is 51.3 Å². The number of aliphatic carboxylic acids is 1. The van der Waals surface area contributed by atoms with Gasteiger partial charge in [-0.2, -0.15) is 0 Å². The Morgan fingerprint density at radius 2 is 1.61 bits per heavy atom. The number of carboxylic acid groups (broad SMARTS) is 1. The normalized spacial score (nSPS) is 14.3. The molecule has 2 amide bonds. The van der Waals surface area contributed by atoms with Crippen LogP contribution in [0.4, 0.5) is 4.79 Å². The Bertz CT molecular complexity index is 287. The van der Waals surface area contributed by atoms with E-state index in [1.54, 1.807) is 0 Å². The number of nitrogens with zero attached hydrogens (tertiary/aromatic N) is 2. The Kier molecular flexibility index (Phi) is 5.87. The number of hydrogen-bond donors (Lipinski definition) is 3. The Morgan fingerprint density at radius 1 is 1.06 bits per heavy atom. The second kappa shape index (κ2) is 7.17. The largest absolute Gasteiger partial charge is 0.481 e. The first-order chi connectivity index (χ1) is 8.60. The number of aliphatic hydroxyl groups excluding tert-OH is 2. The molecule has 1 fully saturated rings. The van der Waals surface area contributed by atoms with E-state index in [1.165, 1.54) is 9.80 Å². The van der Waals surface area contributed by atoms with Crippen LogP contribution in [0.5, 0.6) is 0 Å². The molecule has 1 rings (SSSR count). The lowest BCUT2D eigenvalue weighted by atomic mass is 10.3. The zero-order valence-corrected chi connectivity index (χ0v) is 10.3. The van der Waals surface area contributed by atoms with Gasteiger partial charge in [0.15, 0.2) is 0 Å². The number of carbonyl (C=O) groups is 2. The van der Waals surface area contributed by atoms with Crippen LogP contribution in [-0.2, 0) is 4.79 Å². The summed E-state index contributed by atoms with van der Waals surface area (Å²) < 4.78 is 0. The SMILES string of the molecule is O=C(O)CCN(C(=O)N(CCO)CCO)C1CC1. The fourth-order valence-electron chi connectivity index (χ4n) is 1.76. The molecule has 7 nitrogen and oxygen atoms in total. The summed E-state index contributed by atoms with van der Waals surface area (Å²) >= 11 is 0. The molecule has 0 saturated heterocycles. The highest BCUT2D eigenvalue weighted by molar-refractivity contribution is 5.76. The first kappa shape index (κ1) is 14.7. The maximum Gasteiger partial charge on any atom is 0.320 e. The molecule has 0 atom stereocenters. The van der Waals surface area contributed by atoms with Crippen molar-refractivity contribution in [3.8, 4) is 0 Å². The molecule has 0 aromatic rings. The fourth-order valence-corrected chi connectivity index (χ4v) is 1.76. The molecule has 0 bridgehead atoms. The number of hydrogen-bond acceptors (Lipinski definition) is 4. The molecule has 104 valence electrons. The quantitative estimate of drug-likeness (QED) is 0.537. The van der Waals surface area contributed by atoms with Crippen LogP contribution in [0.25, 0.3) is 0 Å². The fraction of sp³-hybridized carbons (Fsp3) is 0.818. The van der Waals surface area contributed by atoms with Gasteiger partial charge in [0.1, 0.15) is 0 Å². The predicted molar refractivity (Wildman–Crippen MR) is 63.1 cm³/mol. The molecule has 1 aliphatic carbocycles. The topological polar surface area (TPSA) is 101 Å². The highest BCUT2D eigenvalue weighted by Crippen LogP contribution is 2.27. The second-order valence-electron chi connectivity index (χ2n) is 4.29. The van der Waals surface area contributed by atoms with Gasteiger partial charge < -0.3 is 25.1 Å². The Balaban J connectivity index is 2.58. The number of carboxylic acids is 1. The van der Waals surface area contributed by atoms with Crippen LogP contribution >= 0.6 is 0 Å². The predicted octanol–water partition coefficient (Wildman–Crippen LogP) is -0.668. The van der Waals surface area contributed by atoms with Crippen LogP contribution in [-0.4, -0.2) is 76.0 Å². The van der Waals surface area contributed by atoms with Gasteiger partial charge in [-0.25, -0.2) is 4.79 Å². The van der Waals surface area contributed by atoms with E-state index in [1.807, 2.05) is 0 Å². The molecule has 7 heteroatoms. The van der Waals surface area contributed by atoms with Gasteiger partial charge in [0.2, 0.25) is 0 Å². The van der Waals surface area contributed by atoms with Crippen LogP contribution in [0, 0.1) is 0 Å². The van der Waals surface area contributed by atoms with Crippen LogP contribution in [0.3, 0.4) is 0 Å². The van der Waals surface area contributed by atoms with Crippen molar-refractivity contribution >= 4 is 12.0 Å². The van der Waals surface area contributed by atoms with Gasteiger partial charge >= 0.3 is 12.0 Å². The van der Waals surface area contributed by atoms with Gasteiger partial charge in [0.25, 0.3) is 0 Å². The van der Waals surface area contributed by atoms with Gasteiger partial charge in [-0.3, -0.25) is 4.79 Å². The summed E-state index contributed by atoms with van der Waals surface area (Å²) in [6, 6.07) is -0.196. The average molecular weight is 260 g/mol. The summed E-state index contributed by atoms with van der Waals surface area (Å²) in [6.07, 6.45) is 1.68. The molecule has 1 saturated carbocycles. The van der Waals surface area contributed by atoms with Crippen molar-refractivity contribution in [3.05, 3.63) is 0 Å². The highest BCUT2D eigenvalue weighted by atomic mass is 16.4. The summed E-state index contributed by atoms with van der Waals surface area (Å²) in [5.41, 5.74) is 0. The minimum absolute atomic E-state index is 0.0890. The van der Waals surface area contributed by atoms with E-state index in [9.17, 15) is 9.59 Å². The summed E-state index contributed by atoms with van der Waals surface area (Å²) in [6.45, 7) is 0.115. The molecule has 3 N–H and O–H groups in total. The van der Waals surface area contributed by atoms with Crippen LogP contribution in [0.2, 0.25) is 0 Å². The van der Waals surface area contributed by atoms with Crippen molar-refractivity contribution < 1.29 is 24.9 Å². The van der Waals surface area contributed by atoms with Crippen LogP contribution < -0.4 is 0 Å². The third-order valence-electron chi connectivity index (χ3n) is 2.81. The monoisotopic (exact) mass is 260 g/mol. The lowest BCUT2D eigenvalue weighted by Gasteiger charge is -2.29. The van der Waals surface area contributed by atoms with Crippen LogP contribution in [0.15, 0.2) is 0 Å². The van der Waals surface area contributed by atoms with Crippen molar-refractivity contribution in [2.24, 2.45) is 0 Å². The molecule has 0 unspecified atom stereocenters. The zero-order chi connectivity index (χ0) is 13.5. The van der Waals surface area contributed by atoms with Gasteiger partial charge in [0, 0.05) is 25.7 Å². The zero-order valence-electron chi connectivity index (χ0n) is 10.3. The molecule has 0 aliphatic heterocycles. The summed E-state index contributed by atoms with van der Waals surface area (Å²) in [4.78, 5) is 25.6. The molecule has 0 spiro atoms. The van der Waals surface area contributed by atoms with Crippen molar-refractivity contribution in [2.45, 2.75) is 25.3 Å². The summed E-state index contributed by atoms with van der Waals surface area (Å²) in [5, 5.41) is 26.4. The molecule has 0 aromatic heterocycles. The molecule has 0 aromatic carbocycles. The highest BCUT2D eigenvalue weighted by Gasteiger charge is 2.34.